The van der Waals surface area contributed by atoms with Crippen LogP contribution in [0.15, 0.2) is 0 Å². The van der Waals surface area contributed by atoms with Gasteiger partial charge in [0, 0.05) is 19.0 Å². The van der Waals surface area contributed by atoms with Crippen molar-refractivity contribution in [2.24, 2.45) is 0 Å². The topological polar surface area (TPSA) is 70.2 Å². The standard InChI is InChI=1S/C14H25N3O2/c18-13(17-11-7-8-11)6-4-10-16-14(19)12-5-2-1-3-9-15-12/h11-12,15H,1-10H2,(H,16,19)(H,17,18). The third kappa shape index (κ3) is 5.59. The van der Waals surface area contributed by atoms with E-state index >= 15 is 0 Å². The summed E-state index contributed by atoms with van der Waals surface area (Å²) < 4.78 is 0. The van der Waals surface area contributed by atoms with Gasteiger partial charge in [-0.05, 0) is 38.6 Å². The Hall–Kier alpha value is -1.10. The van der Waals surface area contributed by atoms with Crippen molar-refractivity contribution in [3.8, 4) is 0 Å². The zero-order valence-corrected chi connectivity index (χ0v) is 11.5. The van der Waals surface area contributed by atoms with Gasteiger partial charge in [-0.3, -0.25) is 9.59 Å². The zero-order chi connectivity index (χ0) is 13.5. The molecule has 0 spiro atoms. The maximum absolute atomic E-state index is 11.9. The Balaban J connectivity index is 1.53. The van der Waals surface area contributed by atoms with Crippen LogP contribution in [0, 0.1) is 0 Å². The Kier molecular flexibility index (Phi) is 5.63. The molecule has 0 aromatic heterocycles. The molecule has 1 heterocycles. The molecule has 19 heavy (non-hydrogen) atoms. The minimum atomic E-state index is -0.0391. The Morgan fingerprint density at radius 1 is 1.11 bits per heavy atom. The number of hydrogen-bond acceptors (Lipinski definition) is 3. The number of amides is 2. The van der Waals surface area contributed by atoms with Crippen LogP contribution in [0.5, 0.6) is 0 Å². The van der Waals surface area contributed by atoms with E-state index in [4.69, 9.17) is 0 Å². The molecule has 5 heteroatoms. The van der Waals surface area contributed by atoms with Crippen molar-refractivity contribution >= 4 is 11.8 Å². The van der Waals surface area contributed by atoms with Crippen molar-refractivity contribution in [2.75, 3.05) is 13.1 Å². The van der Waals surface area contributed by atoms with Gasteiger partial charge in [0.25, 0.3) is 0 Å². The normalized spacial score (nSPS) is 23.5. The van der Waals surface area contributed by atoms with E-state index in [0.29, 0.717) is 19.0 Å². The molecule has 0 bridgehead atoms. The van der Waals surface area contributed by atoms with E-state index in [1.54, 1.807) is 0 Å². The summed E-state index contributed by atoms with van der Waals surface area (Å²) in [6.45, 7) is 1.52. The molecular weight excluding hydrogens is 242 g/mol. The van der Waals surface area contributed by atoms with E-state index in [0.717, 1.165) is 45.1 Å². The highest BCUT2D eigenvalue weighted by Crippen LogP contribution is 2.18. The quantitative estimate of drug-likeness (QED) is 0.620. The average molecular weight is 267 g/mol. The first-order valence-electron chi connectivity index (χ1n) is 7.56. The van der Waals surface area contributed by atoms with E-state index in [1.807, 2.05) is 0 Å². The van der Waals surface area contributed by atoms with Crippen LogP contribution in [0.4, 0.5) is 0 Å². The molecule has 2 rings (SSSR count). The van der Waals surface area contributed by atoms with Gasteiger partial charge in [-0.1, -0.05) is 12.8 Å². The highest BCUT2D eigenvalue weighted by atomic mass is 16.2. The summed E-state index contributed by atoms with van der Waals surface area (Å²) in [4.78, 5) is 23.4. The minimum absolute atomic E-state index is 0.0391. The first kappa shape index (κ1) is 14.3. The number of nitrogens with one attached hydrogen (secondary N) is 3. The first-order valence-corrected chi connectivity index (χ1v) is 7.56. The lowest BCUT2D eigenvalue weighted by molar-refractivity contribution is -0.124. The average Bonchev–Trinajstić information content (AvgIpc) is 3.20. The van der Waals surface area contributed by atoms with Crippen molar-refractivity contribution < 1.29 is 9.59 Å². The highest BCUT2D eigenvalue weighted by Gasteiger charge is 2.23. The molecule has 0 radical (unpaired) electrons. The number of carbonyl (C=O) groups excluding carboxylic acids is 2. The Morgan fingerprint density at radius 3 is 2.74 bits per heavy atom. The van der Waals surface area contributed by atoms with Crippen LogP contribution < -0.4 is 16.0 Å². The van der Waals surface area contributed by atoms with Gasteiger partial charge in [-0.15, -0.1) is 0 Å². The second-order valence-corrected chi connectivity index (χ2v) is 5.59. The first-order chi connectivity index (χ1) is 9.25. The third-order valence-corrected chi connectivity index (χ3v) is 3.70. The number of rotatable bonds is 6. The molecule has 3 N–H and O–H groups in total. The van der Waals surface area contributed by atoms with Crippen molar-refractivity contribution in [2.45, 2.75) is 63.5 Å². The fourth-order valence-electron chi connectivity index (χ4n) is 2.36. The molecule has 1 unspecified atom stereocenters. The predicted molar refractivity (Wildman–Crippen MR) is 73.7 cm³/mol. The van der Waals surface area contributed by atoms with Gasteiger partial charge in [0.05, 0.1) is 6.04 Å². The number of carbonyl (C=O) groups is 2. The molecule has 1 aliphatic carbocycles. The monoisotopic (exact) mass is 267 g/mol. The molecule has 1 saturated heterocycles. The van der Waals surface area contributed by atoms with Crippen LogP contribution in [-0.4, -0.2) is 37.0 Å². The van der Waals surface area contributed by atoms with Gasteiger partial charge in [-0.25, -0.2) is 0 Å². The van der Waals surface area contributed by atoms with Gasteiger partial charge >= 0.3 is 0 Å². The molecule has 2 fully saturated rings. The molecule has 5 nitrogen and oxygen atoms in total. The summed E-state index contributed by atoms with van der Waals surface area (Å²) in [5.74, 6) is 0.203. The predicted octanol–water partition coefficient (Wildman–Crippen LogP) is 0.694. The van der Waals surface area contributed by atoms with Gasteiger partial charge in [-0.2, -0.15) is 0 Å². The zero-order valence-electron chi connectivity index (χ0n) is 11.5. The molecule has 0 aromatic carbocycles. The summed E-state index contributed by atoms with van der Waals surface area (Å²) in [6, 6.07) is 0.389. The smallest absolute Gasteiger partial charge is 0.237 e. The molecule has 1 atom stereocenters. The SMILES string of the molecule is O=C(CCCNC(=O)C1CCCCCN1)NC1CC1. The van der Waals surface area contributed by atoms with Crippen LogP contribution >= 0.6 is 0 Å². The highest BCUT2D eigenvalue weighted by molar-refractivity contribution is 5.81. The van der Waals surface area contributed by atoms with Crippen LogP contribution in [0.25, 0.3) is 0 Å². The summed E-state index contributed by atoms with van der Waals surface area (Å²) in [6.07, 6.45) is 7.88. The fraction of sp³-hybridized carbons (Fsp3) is 0.857. The molecule has 108 valence electrons. The van der Waals surface area contributed by atoms with Crippen LogP contribution in [0.3, 0.4) is 0 Å². The van der Waals surface area contributed by atoms with Gasteiger partial charge in [0.1, 0.15) is 0 Å². The molecule has 1 aliphatic heterocycles. The van der Waals surface area contributed by atoms with Crippen LogP contribution in [0.2, 0.25) is 0 Å². The van der Waals surface area contributed by atoms with Crippen molar-refractivity contribution in [1.29, 1.82) is 0 Å². The minimum Gasteiger partial charge on any atom is -0.355 e. The Bertz CT molecular complexity index is 308. The van der Waals surface area contributed by atoms with Gasteiger partial charge in [0.15, 0.2) is 0 Å². The maximum Gasteiger partial charge on any atom is 0.237 e. The fourth-order valence-corrected chi connectivity index (χ4v) is 2.36. The van der Waals surface area contributed by atoms with E-state index < -0.39 is 0 Å². The van der Waals surface area contributed by atoms with Crippen LogP contribution in [0.1, 0.15) is 51.4 Å². The van der Waals surface area contributed by atoms with E-state index in [1.165, 1.54) is 6.42 Å². The van der Waals surface area contributed by atoms with Gasteiger partial charge in [0.2, 0.25) is 11.8 Å². The summed E-state index contributed by atoms with van der Waals surface area (Å²) in [7, 11) is 0. The lowest BCUT2D eigenvalue weighted by Crippen LogP contribution is -2.44. The Morgan fingerprint density at radius 2 is 1.95 bits per heavy atom. The number of hydrogen-bond donors (Lipinski definition) is 3. The summed E-state index contributed by atoms with van der Waals surface area (Å²) in [5.41, 5.74) is 0. The van der Waals surface area contributed by atoms with Crippen molar-refractivity contribution in [3.63, 3.8) is 0 Å². The summed E-state index contributed by atoms with van der Waals surface area (Å²) in [5, 5.41) is 9.15. The largest absolute Gasteiger partial charge is 0.355 e. The lowest BCUT2D eigenvalue weighted by atomic mass is 10.1. The van der Waals surface area contributed by atoms with E-state index in [9.17, 15) is 9.59 Å². The van der Waals surface area contributed by atoms with E-state index in [2.05, 4.69) is 16.0 Å². The van der Waals surface area contributed by atoms with Crippen LogP contribution in [-0.2, 0) is 9.59 Å². The molecule has 2 aliphatic rings. The second-order valence-electron chi connectivity index (χ2n) is 5.59. The molecular formula is C14H25N3O2. The Labute approximate surface area is 114 Å². The lowest BCUT2D eigenvalue weighted by Gasteiger charge is -2.15. The molecule has 0 aromatic rings. The molecule has 1 saturated carbocycles. The van der Waals surface area contributed by atoms with Crippen molar-refractivity contribution in [1.82, 2.24) is 16.0 Å². The summed E-state index contributed by atoms with van der Waals surface area (Å²) >= 11 is 0. The molecule has 2 amide bonds. The van der Waals surface area contributed by atoms with Crippen molar-refractivity contribution in [3.05, 3.63) is 0 Å². The second kappa shape index (κ2) is 7.48. The maximum atomic E-state index is 11.9. The third-order valence-electron chi connectivity index (χ3n) is 3.70. The van der Waals surface area contributed by atoms with Gasteiger partial charge < -0.3 is 16.0 Å². The van der Waals surface area contributed by atoms with E-state index in [-0.39, 0.29) is 17.9 Å².